The van der Waals surface area contributed by atoms with Crippen molar-refractivity contribution in [2.75, 3.05) is 0 Å². The Morgan fingerprint density at radius 3 is 2.19 bits per heavy atom. The van der Waals surface area contributed by atoms with E-state index in [1.165, 1.54) is 0 Å². The van der Waals surface area contributed by atoms with Crippen molar-refractivity contribution in [3.8, 4) is 11.5 Å². The molecule has 0 saturated carbocycles. The van der Waals surface area contributed by atoms with Crippen LogP contribution in [0.5, 0.6) is 11.5 Å². The van der Waals surface area contributed by atoms with Crippen LogP contribution in [0.4, 0.5) is 36.4 Å². The van der Waals surface area contributed by atoms with Gasteiger partial charge in [0.25, 0.3) is 0 Å². The van der Waals surface area contributed by atoms with Gasteiger partial charge in [-0.25, -0.2) is 4.39 Å². The molecule has 0 aliphatic heterocycles. The number of hydrogen-bond acceptors (Lipinski definition) is 4. The highest BCUT2D eigenvalue weighted by Crippen LogP contribution is 2.40. The van der Waals surface area contributed by atoms with Crippen molar-refractivity contribution in [3.63, 3.8) is 0 Å². The number of aliphatic hydroxyl groups excluding tert-OH is 1. The number of halogens is 7. The van der Waals surface area contributed by atoms with Crippen LogP contribution in [0.25, 0.3) is 0 Å². The van der Waals surface area contributed by atoms with E-state index in [2.05, 4.69) is 0 Å². The lowest BCUT2D eigenvalue weighted by Crippen LogP contribution is -2.20. The van der Waals surface area contributed by atoms with E-state index in [1.807, 2.05) is 0 Å². The number of aliphatic hydroxyl groups is 1. The number of nitro groups is 1. The summed E-state index contributed by atoms with van der Waals surface area (Å²) in [5.41, 5.74) is -3.43. The molecule has 0 heterocycles. The van der Waals surface area contributed by atoms with Gasteiger partial charge in [-0.05, 0) is 35.9 Å². The summed E-state index contributed by atoms with van der Waals surface area (Å²) in [5.74, 6) is -3.20. The Bertz CT molecular complexity index is 864. The van der Waals surface area contributed by atoms with Gasteiger partial charge >= 0.3 is 18.0 Å². The van der Waals surface area contributed by atoms with Crippen LogP contribution >= 0.6 is 0 Å². The van der Waals surface area contributed by atoms with E-state index in [0.717, 1.165) is 0 Å². The fourth-order valence-electron chi connectivity index (χ4n) is 2.03. The van der Waals surface area contributed by atoms with Crippen molar-refractivity contribution >= 4 is 5.69 Å². The quantitative estimate of drug-likeness (QED) is 0.439. The second kappa shape index (κ2) is 7.02. The van der Waals surface area contributed by atoms with E-state index in [-0.39, 0.29) is 6.07 Å². The van der Waals surface area contributed by atoms with Crippen molar-refractivity contribution in [2.24, 2.45) is 0 Å². The standard InChI is InChI=1S/C15H8F7NO4/c16-10-3-2-8(6-9(10)14(17,18)19)27-12-5-7(13(24)15(20,21)22)1-4-11(12)23(25)26/h1-6,13,24H. The zero-order valence-corrected chi connectivity index (χ0v) is 12.8. The summed E-state index contributed by atoms with van der Waals surface area (Å²) in [5, 5.41) is 20.2. The second-order valence-corrected chi connectivity index (χ2v) is 5.17. The highest BCUT2D eigenvalue weighted by Gasteiger charge is 2.40. The lowest BCUT2D eigenvalue weighted by atomic mass is 10.1. The third-order valence-electron chi connectivity index (χ3n) is 3.28. The molecule has 1 N–H and O–H groups in total. The maximum Gasteiger partial charge on any atom is 0.419 e. The van der Waals surface area contributed by atoms with Gasteiger partial charge in [-0.15, -0.1) is 0 Å². The summed E-state index contributed by atoms with van der Waals surface area (Å²) in [6.45, 7) is 0. The molecular weight excluding hydrogens is 391 g/mol. The topological polar surface area (TPSA) is 72.6 Å². The molecule has 1 unspecified atom stereocenters. The lowest BCUT2D eigenvalue weighted by Gasteiger charge is -2.16. The molecule has 2 aromatic carbocycles. The molecule has 0 aliphatic rings. The molecule has 0 amide bonds. The van der Waals surface area contributed by atoms with Crippen molar-refractivity contribution in [1.29, 1.82) is 0 Å². The largest absolute Gasteiger partial charge is 0.450 e. The predicted octanol–water partition coefficient (Wildman–Crippen LogP) is 5.14. The molecule has 27 heavy (non-hydrogen) atoms. The van der Waals surface area contributed by atoms with E-state index in [4.69, 9.17) is 4.74 Å². The average Bonchev–Trinajstić information content (AvgIpc) is 2.53. The van der Waals surface area contributed by atoms with Gasteiger partial charge in [0.15, 0.2) is 6.10 Å². The normalized spacial score (nSPS) is 13.3. The maximum atomic E-state index is 13.3. The van der Waals surface area contributed by atoms with Gasteiger partial charge < -0.3 is 9.84 Å². The molecule has 0 bridgehead atoms. The molecule has 0 fully saturated rings. The Kier molecular flexibility index (Phi) is 5.31. The SMILES string of the molecule is O=[N+]([O-])c1ccc(C(O)C(F)(F)F)cc1Oc1ccc(F)c(C(F)(F)F)c1. The third kappa shape index (κ3) is 4.64. The van der Waals surface area contributed by atoms with Crippen LogP contribution in [0, 0.1) is 15.9 Å². The predicted molar refractivity (Wildman–Crippen MR) is 75.6 cm³/mol. The molecule has 0 spiro atoms. The molecule has 0 aromatic heterocycles. The molecule has 0 radical (unpaired) electrons. The average molecular weight is 399 g/mol. The van der Waals surface area contributed by atoms with Gasteiger partial charge in [0.05, 0.1) is 10.5 Å². The molecular formula is C15H8F7NO4. The molecule has 2 aromatic rings. The molecule has 0 saturated heterocycles. The summed E-state index contributed by atoms with van der Waals surface area (Å²) in [6.07, 6.45) is -13.2. The van der Waals surface area contributed by atoms with Gasteiger partial charge in [-0.3, -0.25) is 10.1 Å². The smallest absolute Gasteiger partial charge is 0.419 e. The number of alkyl halides is 6. The first-order valence-electron chi connectivity index (χ1n) is 6.88. The van der Waals surface area contributed by atoms with Crippen LogP contribution < -0.4 is 4.74 Å². The van der Waals surface area contributed by atoms with Crippen molar-refractivity contribution in [1.82, 2.24) is 0 Å². The Hall–Kier alpha value is -2.89. The van der Waals surface area contributed by atoms with E-state index in [1.54, 1.807) is 0 Å². The van der Waals surface area contributed by atoms with Crippen molar-refractivity contribution in [2.45, 2.75) is 18.5 Å². The minimum absolute atomic E-state index is 0.200. The van der Waals surface area contributed by atoms with E-state index in [0.29, 0.717) is 30.3 Å². The Labute approximate surface area is 145 Å². The van der Waals surface area contributed by atoms with E-state index >= 15 is 0 Å². The van der Waals surface area contributed by atoms with Gasteiger partial charge in [0.2, 0.25) is 5.75 Å². The molecule has 0 aliphatic carbocycles. The summed E-state index contributed by atoms with van der Waals surface area (Å²) >= 11 is 0. The molecule has 12 heteroatoms. The number of hydrogen-bond donors (Lipinski definition) is 1. The molecule has 5 nitrogen and oxygen atoms in total. The van der Waals surface area contributed by atoms with Crippen molar-refractivity contribution in [3.05, 3.63) is 63.5 Å². The lowest BCUT2D eigenvalue weighted by molar-refractivity contribution is -0.385. The Morgan fingerprint density at radius 2 is 1.67 bits per heavy atom. The van der Waals surface area contributed by atoms with Gasteiger partial charge in [-0.2, -0.15) is 26.3 Å². The van der Waals surface area contributed by atoms with Crippen molar-refractivity contribution < 1.29 is 45.5 Å². The minimum Gasteiger partial charge on any atom is -0.450 e. The first-order chi connectivity index (χ1) is 12.3. The first-order valence-corrected chi connectivity index (χ1v) is 6.88. The van der Waals surface area contributed by atoms with Crippen LogP contribution in [0.1, 0.15) is 17.2 Å². The number of nitrogens with zero attached hydrogens (tertiary/aromatic N) is 1. The van der Waals surface area contributed by atoms with E-state index in [9.17, 15) is 46.0 Å². The Morgan fingerprint density at radius 1 is 1.04 bits per heavy atom. The zero-order chi connectivity index (χ0) is 20.6. The highest BCUT2D eigenvalue weighted by molar-refractivity contribution is 5.51. The zero-order valence-electron chi connectivity index (χ0n) is 12.8. The summed E-state index contributed by atoms with van der Waals surface area (Å²) in [6, 6.07) is 2.97. The molecule has 2 rings (SSSR count). The fourth-order valence-corrected chi connectivity index (χ4v) is 2.03. The van der Waals surface area contributed by atoms with Gasteiger partial charge in [0.1, 0.15) is 11.6 Å². The monoisotopic (exact) mass is 399 g/mol. The molecule has 146 valence electrons. The molecule has 1 atom stereocenters. The van der Waals surface area contributed by atoms with E-state index < -0.39 is 57.5 Å². The number of ether oxygens (including phenoxy) is 1. The Balaban J connectivity index is 2.50. The number of benzene rings is 2. The van der Waals surface area contributed by atoms with Crippen LogP contribution in [-0.2, 0) is 6.18 Å². The van der Waals surface area contributed by atoms with Crippen LogP contribution in [-0.4, -0.2) is 16.2 Å². The summed E-state index contributed by atoms with van der Waals surface area (Å²) < 4.78 is 94.1. The highest BCUT2D eigenvalue weighted by atomic mass is 19.4. The van der Waals surface area contributed by atoms with Crippen LogP contribution in [0.3, 0.4) is 0 Å². The van der Waals surface area contributed by atoms with Crippen LogP contribution in [0.15, 0.2) is 36.4 Å². The van der Waals surface area contributed by atoms with Crippen LogP contribution in [0.2, 0.25) is 0 Å². The first kappa shape index (κ1) is 20.4. The minimum atomic E-state index is -5.09. The number of rotatable bonds is 4. The maximum absolute atomic E-state index is 13.3. The summed E-state index contributed by atoms with van der Waals surface area (Å²) in [4.78, 5) is 9.92. The second-order valence-electron chi connectivity index (χ2n) is 5.17. The fraction of sp³-hybridized carbons (Fsp3) is 0.200. The van der Waals surface area contributed by atoms with Gasteiger partial charge in [-0.1, -0.05) is 0 Å². The third-order valence-corrected chi connectivity index (χ3v) is 3.28. The number of nitro benzene ring substituents is 1. The summed E-state index contributed by atoms with van der Waals surface area (Å²) in [7, 11) is 0. The van der Waals surface area contributed by atoms with Gasteiger partial charge in [0, 0.05) is 6.07 Å².